The third-order valence-corrected chi connectivity index (χ3v) is 6.57. The smallest absolute Gasteiger partial charge is 0.326 e. The predicted molar refractivity (Wildman–Crippen MR) is 111 cm³/mol. The van der Waals surface area contributed by atoms with Crippen molar-refractivity contribution in [2.75, 3.05) is 0 Å². The number of amides is 2. The number of para-hydroxylation sites is 1. The molecule has 1 aromatic carbocycles. The highest BCUT2D eigenvalue weighted by Crippen LogP contribution is 2.42. The standard InChI is InChI=1S/C22H28N4O4/c1-22(2)25-12-16-14(13-7-3-4-8-15(13)24-16)11-18(25)20(28)26(22)17(21(29)30)9-5-6-10-19(23)27/h3-4,7-8,17-18,24H,5-6,9-12H2,1-2H3,(H2,23,27)(H,29,30)/t17-,18-/m0/s1. The Morgan fingerprint density at radius 2 is 2.03 bits per heavy atom. The van der Waals surface area contributed by atoms with Gasteiger partial charge in [-0.2, -0.15) is 0 Å². The van der Waals surface area contributed by atoms with E-state index in [1.165, 1.54) is 0 Å². The van der Waals surface area contributed by atoms with Gasteiger partial charge in [0.05, 0.1) is 11.7 Å². The van der Waals surface area contributed by atoms with Gasteiger partial charge in [-0.3, -0.25) is 14.5 Å². The molecule has 0 aliphatic carbocycles. The van der Waals surface area contributed by atoms with Gasteiger partial charge >= 0.3 is 5.97 Å². The molecule has 1 fully saturated rings. The summed E-state index contributed by atoms with van der Waals surface area (Å²) in [6.07, 6.45) is 2.12. The molecule has 0 unspecified atom stereocenters. The molecule has 1 aromatic heterocycles. The van der Waals surface area contributed by atoms with Crippen molar-refractivity contribution >= 4 is 28.7 Å². The van der Waals surface area contributed by atoms with Crippen LogP contribution >= 0.6 is 0 Å². The molecule has 30 heavy (non-hydrogen) atoms. The molecule has 160 valence electrons. The van der Waals surface area contributed by atoms with Crippen LogP contribution < -0.4 is 5.73 Å². The largest absolute Gasteiger partial charge is 0.480 e. The van der Waals surface area contributed by atoms with Crippen LogP contribution in [0.25, 0.3) is 10.9 Å². The average Bonchev–Trinajstić information content (AvgIpc) is 3.14. The van der Waals surface area contributed by atoms with Crippen LogP contribution in [0.5, 0.6) is 0 Å². The number of primary amides is 1. The zero-order valence-electron chi connectivity index (χ0n) is 17.4. The van der Waals surface area contributed by atoms with E-state index in [2.05, 4.69) is 16.0 Å². The first-order valence-electron chi connectivity index (χ1n) is 10.4. The van der Waals surface area contributed by atoms with Crippen LogP contribution in [-0.2, 0) is 27.3 Å². The van der Waals surface area contributed by atoms with Crippen molar-refractivity contribution in [1.82, 2.24) is 14.8 Å². The van der Waals surface area contributed by atoms with Gasteiger partial charge in [0.25, 0.3) is 0 Å². The number of fused-ring (bicyclic) bond motifs is 4. The van der Waals surface area contributed by atoms with Crippen LogP contribution in [0.1, 0.15) is 50.8 Å². The number of carboxylic acid groups (broad SMARTS) is 1. The monoisotopic (exact) mass is 412 g/mol. The van der Waals surface area contributed by atoms with E-state index in [4.69, 9.17) is 5.73 Å². The van der Waals surface area contributed by atoms with Crippen molar-refractivity contribution in [2.45, 2.75) is 70.2 Å². The minimum atomic E-state index is -1.01. The predicted octanol–water partition coefficient (Wildman–Crippen LogP) is 1.97. The quantitative estimate of drug-likeness (QED) is 0.601. The second kappa shape index (κ2) is 7.43. The van der Waals surface area contributed by atoms with Crippen molar-refractivity contribution in [1.29, 1.82) is 0 Å². The number of H-pyrrole nitrogens is 1. The van der Waals surface area contributed by atoms with Crippen LogP contribution in [0.15, 0.2) is 24.3 Å². The first-order valence-corrected chi connectivity index (χ1v) is 10.4. The van der Waals surface area contributed by atoms with Gasteiger partial charge in [0.1, 0.15) is 6.04 Å². The molecule has 3 heterocycles. The Hall–Kier alpha value is -2.87. The van der Waals surface area contributed by atoms with Gasteiger partial charge in [-0.05, 0) is 44.7 Å². The van der Waals surface area contributed by atoms with Crippen LogP contribution in [0, 0.1) is 0 Å². The summed E-state index contributed by atoms with van der Waals surface area (Å²) < 4.78 is 0. The SMILES string of the molecule is CC1(C)N2Cc3[nH]c4ccccc4c3C[C@H]2C(=O)N1[C@@H](CCCCC(N)=O)C(=O)O. The lowest BCUT2D eigenvalue weighted by molar-refractivity contribution is -0.153. The number of nitrogens with two attached hydrogens (primary N) is 1. The minimum absolute atomic E-state index is 0.141. The zero-order chi connectivity index (χ0) is 21.6. The number of hydrogen-bond acceptors (Lipinski definition) is 4. The number of aliphatic carboxylic acids is 1. The van der Waals surface area contributed by atoms with Crippen LogP contribution in [0.3, 0.4) is 0 Å². The number of aromatic amines is 1. The van der Waals surface area contributed by atoms with E-state index in [0.717, 1.165) is 22.2 Å². The fraction of sp³-hybridized carbons (Fsp3) is 0.500. The third-order valence-electron chi connectivity index (χ3n) is 6.57. The molecule has 2 aliphatic rings. The Morgan fingerprint density at radius 3 is 2.73 bits per heavy atom. The highest BCUT2D eigenvalue weighted by atomic mass is 16.4. The number of carboxylic acids is 1. The van der Waals surface area contributed by atoms with Gasteiger partial charge in [-0.25, -0.2) is 4.79 Å². The summed E-state index contributed by atoms with van der Waals surface area (Å²) >= 11 is 0. The lowest BCUT2D eigenvalue weighted by Gasteiger charge is -2.42. The van der Waals surface area contributed by atoms with Crippen LogP contribution in [-0.4, -0.2) is 55.4 Å². The van der Waals surface area contributed by atoms with Gasteiger partial charge in [-0.1, -0.05) is 24.6 Å². The van der Waals surface area contributed by atoms with Gasteiger partial charge in [0.2, 0.25) is 11.8 Å². The summed E-state index contributed by atoms with van der Waals surface area (Å²) in [6, 6.07) is 6.76. The second-order valence-electron chi connectivity index (χ2n) is 8.74. The number of unbranched alkanes of at least 4 members (excludes halogenated alkanes) is 1. The average molecular weight is 412 g/mol. The molecule has 8 heteroatoms. The summed E-state index contributed by atoms with van der Waals surface area (Å²) in [5.74, 6) is -1.55. The van der Waals surface area contributed by atoms with E-state index in [0.29, 0.717) is 32.2 Å². The number of carbonyl (C=O) groups is 3. The molecule has 2 amide bonds. The summed E-state index contributed by atoms with van der Waals surface area (Å²) in [5, 5.41) is 11.0. The van der Waals surface area contributed by atoms with Crippen molar-refractivity contribution in [2.24, 2.45) is 5.73 Å². The van der Waals surface area contributed by atoms with Crippen LogP contribution in [0.4, 0.5) is 0 Å². The lowest BCUT2D eigenvalue weighted by Crippen LogP contribution is -2.56. The number of aromatic nitrogens is 1. The molecule has 2 aromatic rings. The van der Waals surface area contributed by atoms with Gasteiger partial charge in [0.15, 0.2) is 0 Å². The molecule has 2 atom stereocenters. The first-order chi connectivity index (χ1) is 14.2. The van der Waals surface area contributed by atoms with E-state index in [9.17, 15) is 19.5 Å². The van der Waals surface area contributed by atoms with Gasteiger partial charge < -0.3 is 20.7 Å². The highest BCUT2D eigenvalue weighted by Gasteiger charge is 2.56. The maximum atomic E-state index is 13.4. The Morgan fingerprint density at radius 1 is 1.30 bits per heavy atom. The number of rotatable bonds is 7. The number of benzene rings is 1. The van der Waals surface area contributed by atoms with E-state index in [1.54, 1.807) is 4.90 Å². The van der Waals surface area contributed by atoms with Gasteiger partial charge in [0, 0.05) is 29.6 Å². The van der Waals surface area contributed by atoms with Crippen LogP contribution in [0.2, 0.25) is 0 Å². The normalized spacial score (nSPS) is 21.5. The Labute approximate surface area is 175 Å². The fourth-order valence-electron chi connectivity index (χ4n) is 5.11. The molecule has 0 spiro atoms. The lowest BCUT2D eigenvalue weighted by atomic mass is 9.96. The van der Waals surface area contributed by atoms with Crippen molar-refractivity contribution in [3.05, 3.63) is 35.5 Å². The number of nitrogens with one attached hydrogen (secondary N) is 1. The molecule has 0 saturated carbocycles. The van der Waals surface area contributed by atoms with E-state index >= 15 is 0 Å². The Balaban J connectivity index is 1.60. The Bertz CT molecular complexity index is 1010. The number of nitrogens with zero attached hydrogens (tertiary/aromatic N) is 2. The number of hydrogen-bond donors (Lipinski definition) is 3. The minimum Gasteiger partial charge on any atom is -0.480 e. The molecule has 8 nitrogen and oxygen atoms in total. The van der Waals surface area contributed by atoms with Crippen molar-refractivity contribution < 1.29 is 19.5 Å². The summed E-state index contributed by atoms with van der Waals surface area (Å²) in [5.41, 5.74) is 7.73. The summed E-state index contributed by atoms with van der Waals surface area (Å²) in [4.78, 5) is 43.6. The van der Waals surface area contributed by atoms with E-state index in [-0.39, 0.29) is 18.4 Å². The third kappa shape index (κ3) is 3.25. The first kappa shape index (κ1) is 20.4. The molecular weight excluding hydrogens is 384 g/mol. The molecule has 0 radical (unpaired) electrons. The summed E-state index contributed by atoms with van der Waals surface area (Å²) in [6.45, 7) is 4.40. The maximum Gasteiger partial charge on any atom is 0.326 e. The van der Waals surface area contributed by atoms with Gasteiger partial charge in [-0.15, -0.1) is 0 Å². The van der Waals surface area contributed by atoms with Crippen molar-refractivity contribution in [3.8, 4) is 0 Å². The van der Waals surface area contributed by atoms with E-state index in [1.807, 2.05) is 32.0 Å². The molecule has 0 bridgehead atoms. The molecule has 4 rings (SSSR count). The topological polar surface area (TPSA) is 120 Å². The molecule has 4 N–H and O–H groups in total. The van der Waals surface area contributed by atoms with E-state index < -0.39 is 23.6 Å². The molecule has 2 aliphatic heterocycles. The number of carbonyl (C=O) groups excluding carboxylic acids is 2. The zero-order valence-corrected chi connectivity index (χ0v) is 17.4. The fourth-order valence-corrected chi connectivity index (χ4v) is 5.11. The highest BCUT2D eigenvalue weighted by molar-refractivity contribution is 5.92. The van der Waals surface area contributed by atoms with Crippen molar-refractivity contribution in [3.63, 3.8) is 0 Å². The second-order valence-corrected chi connectivity index (χ2v) is 8.74. The molecule has 1 saturated heterocycles. The summed E-state index contributed by atoms with van der Waals surface area (Å²) in [7, 11) is 0. The maximum absolute atomic E-state index is 13.4. The Kier molecular flexibility index (Phi) is 5.05. The molecular formula is C22H28N4O4.